The van der Waals surface area contributed by atoms with Gasteiger partial charge in [0.1, 0.15) is 11.7 Å². The molecule has 4 rings (SSSR count). The largest absolute Gasteiger partial charge is 0.493 e. The fourth-order valence-electron chi connectivity index (χ4n) is 4.76. The Morgan fingerprint density at radius 1 is 1.05 bits per heavy atom. The second kappa shape index (κ2) is 13.5. The molecule has 3 aromatic rings. The first kappa shape index (κ1) is 29.2. The van der Waals surface area contributed by atoms with Crippen LogP contribution < -0.4 is 19.7 Å². The van der Waals surface area contributed by atoms with Crippen LogP contribution in [0.3, 0.4) is 0 Å². The summed E-state index contributed by atoms with van der Waals surface area (Å²) in [6.07, 6.45) is 1.51. The molecule has 1 N–H and O–H groups in total. The van der Waals surface area contributed by atoms with E-state index in [1.807, 2.05) is 43.0 Å². The second-order valence-electron chi connectivity index (χ2n) is 10.2. The summed E-state index contributed by atoms with van der Waals surface area (Å²) in [5.41, 5.74) is 1.97. The minimum Gasteiger partial charge on any atom is -0.493 e. The zero-order chi connectivity index (χ0) is 28.6. The SMILES string of the molecule is COCCCOc1cc(C(=O)N(C[C@H]2CNC[C@H]2OC(=O)N(C)c2ccc3occc3c2)C(C)C)ccc1OC. The lowest BCUT2D eigenvalue weighted by atomic mass is 10.0. The predicted octanol–water partition coefficient (Wildman–Crippen LogP) is 4.57. The number of nitrogens with zero attached hydrogens (tertiary/aromatic N) is 2. The monoisotopic (exact) mass is 553 g/mol. The number of ether oxygens (including phenoxy) is 4. The van der Waals surface area contributed by atoms with Crippen molar-refractivity contribution in [1.82, 2.24) is 10.2 Å². The van der Waals surface area contributed by atoms with Crippen LogP contribution in [0.2, 0.25) is 0 Å². The summed E-state index contributed by atoms with van der Waals surface area (Å²) in [7, 11) is 4.90. The van der Waals surface area contributed by atoms with Gasteiger partial charge in [-0.1, -0.05) is 0 Å². The normalized spacial score (nSPS) is 16.8. The molecule has 2 amide bonds. The molecular formula is C30H39N3O7. The third-order valence-electron chi connectivity index (χ3n) is 7.10. The Labute approximate surface area is 235 Å². The van der Waals surface area contributed by atoms with E-state index in [0.717, 1.165) is 17.4 Å². The van der Waals surface area contributed by atoms with E-state index in [0.29, 0.717) is 55.6 Å². The third kappa shape index (κ3) is 6.86. The van der Waals surface area contributed by atoms with Crippen molar-refractivity contribution in [3.63, 3.8) is 0 Å². The van der Waals surface area contributed by atoms with Crippen molar-refractivity contribution < 1.29 is 33.0 Å². The summed E-state index contributed by atoms with van der Waals surface area (Å²) in [4.78, 5) is 30.0. The molecule has 2 aromatic carbocycles. The van der Waals surface area contributed by atoms with Crippen molar-refractivity contribution in [2.24, 2.45) is 5.92 Å². The Bertz CT molecular complexity index is 1290. The van der Waals surface area contributed by atoms with Crippen molar-refractivity contribution >= 4 is 28.7 Å². The quantitative estimate of drug-likeness (QED) is 0.326. The molecule has 1 fully saturated rings. The van der Waals surface area contributed by atoms with Gasteiger partial charge in [0.2, 0.25) is 0 Å². The molecule has 1 aliphatic rings. The van der Waals surface area contributed by atoms with E-state index in [9.17, 15) is 9.59 Å². The van der Waals surface area contributed by atoms with Crippen molar-refractivity contribution in [2.45, 2.75) is 32.4 Å². The molecule has 10 nitrogen and oxygen atoms in total. The molecule has 1 aromatic heterocycles. The van der Waals surface area contributed by atoms with E-state index in [2.05, 4.69) is 5.32 Å². The summed E-state index contributed by atoms with van der Waals surface area (Å²) in [6.45, 7) is 6.57. The van der Waals surface area contributed by atoms with Gasteiger partial charge in [-0.3, -0.25) is 9.69 Å². The Hall–Kier alpha value is -3.76. The number of nitrogens with one attached hydrogen (secondary N) is 1. The minimum absolute atomic E-state index is 0.0666. The molecule has 0 radical (unpaired) electrons. The Kier molecular flexibility index (Phi) is 9.89. The van der Waals surface area contributed by atoms with Crippen molar-refractivity contribution in [3.05, 3.63) is 54.3 Å². The van der Waals surface area contributed by atoms with Gasteiger partial charge in [0.05, 0.1) is 20.0 Å². The van der Waals surface area contributed by atoms with Crippen molar-refractivity contribution in [3.8, 4) is 11.5 Å². The van der Waals surface area contributed by atoms with Gasteiger partial charge >= 0.3 is 6.09 Å². The first-order valence-electron chi connectivity index (χ1n) is 13.6. The van der Waals surface area contributed by atoms with Crippen LogP contribution in [0.25, 0.3) is 11.0 Å². The summed E-state index contributed by atoms with van der Waals surface area (Å²) in [6, 6.07) is 12.5. The predicted molar refractivity (Wildman–Crippen MR) is 152 cm³/mol. The maximum absolute atomic E-state index is 13.7. The van der Waals surface area contributed by atoms with E-state index in [-0.39, 0.29) is 24.0 Å². The van der Waals surface area contributed by atoms with E-state index in [1.165, 1.54) is 4.90 Å². The number of amides is 2. The Morgan fingerprint density at radius 2 is 1.88 bits per heavy atom. The van der Waals surface area contributed by atoms with Crippen LogP contribution in [-0.4, -0.2) is 83.2 Å². The molecule has 0 aliphatic carbocycles. The van der Waals surface area contributed by atoms with Crippen LogP contribution in [0.15, 0.2) is 53.1 Å². The van der Waals surface area contributed by atoms with Gasteiger partial charge in [-0.05, 0) is 56.3 Å². The van der Waals surface area contributed by atoms with Crippen LogP contribution in [0.1, 0.15) is 30.6 Å². The highest BCUT2D eigenvalue weighted by Crippen LogP contribution is 2.30. The zero-order valence-corrected chi connectivity index (χ0v) is 23.8. The number of carbonyl (C=O) groups is 2. The molecule has 2 heterocycles. The fraction of sp³-hybridized carbons (Fsp3) is 0.467. The molecule has 0 unspecified atom stereocenters. The number of furan rings is 1. The summed E-state index contributed by atoms with van der Waals surface area (Å²) in [5.74, 6) is 0.886. The average molecular weight is 554 g/mol. The number of anilines is 1. The number of carbonyl (C=O) groups excluding carboxylic acids is 2. The summed E-state index contributed by atoms with van der Waals surface area (Å²) in [5, 5.41) is 4.22. The van der Waals surface area contributed by atoms with E-state index in [4.69, 9.17) is 23.4 Å². The molecule has 2 atom stereocenters. The number of benzene rings is 2. The topological polar surface area (TPSA) is 103 Å². The standard InChI is InChI=1S/C30H39N3O7/c1-20(2)33(29(34)22-7-9-26(37-5)27(16-22)38-13-6-12-36-4)19-23-17-31-18-28(23)40-30(35)32(3)24-8-10-25-21(15-24)11-14-39-25/h7-11,14-16,20,23,28,31H,6,12-13,17-19H2,1-5H3/t23-,28-/m1/s1. The minimum atomic E-state index is -0.450. The molecule has 0 bridgehead atoms. The van der Waals surface area contributed by atoms with Crippen LogP contribution in [-0.2, 0) is 9.47 Å². The molecular weight excluding hydrogens is 514 g/mol. The smallest absolute Gasteiger partial charge is 0.414 e. The van der Waals surface area contributed by atoms with Gasteiger partial charge in [-0.25, -0.2) is 4.79 Å². The number of hydrogen-bond donors (Lipinski definition) is 1. The van der Waals surface area contributed by atoms with E-state index < -0.39 is 6.09 Å². The van der Waals surface area contributed by atoms with Crippen LogP contribution in [0, 0.1) is 5.92 Å². The van der Waals surface area contributed by atoms with Crippen LogP contribution >= 0.6 is 0 Å². The maximum Gasteiger partial charge on any atom is 0.414 e. The Balaban J connectivity index is 1.43. The molecule has 1 aliphatic heterocycles. The van der Waals surface area contributed by atoms with Crippen LogP contribution in [0.4, 0.5) is 10.5 Å². The van der Waals surface area contributed by atoms with Gasteiger partial charge in [-0.2, -0.15) is 0 Å². The number of methoxy groups -OCH3 is 2. The van der Waals surface area contributed by atoms with Gasteiger partial charge < -0.3 is 33.6 Å². The second-order valence-corrected chi connectivity index (χ2v) is 10.2. The first-order chi connectivity index (χ1) is 19.3. The van der Waals surface area contributed by atoms with Crippen molar-refractivity contribution in [2.75, 3.05) is 59.0 Å². The van der Waals surface area contributed by atoms with Gasteiger partial charge in [0.25, 0.3) is 5.91 Å². The lowest BCUT2D eigenvalue weighted by Gasteiger charge is -2.32. The van der Waals surface area contributed by atoms with Gasteiger partial charge in [0, 0.05) is 75.4 Å². The average Bonchev–Trinajstić information content (AvgIpc) is 3.61. The Morgan fingerprint density at radius 3 is 2.62 bits per heavy atom. The van der Waals surface area contributed by atoms with Crippen molar-refractivity contribution in [1.29, 1.82) is 0 Å². The lowest BCUT2D eigenvalue weighted by Crippen LogP contribution is -2.44. The molecule has 40 heavy (non-hydrogen) atoms. The van der Waals surface area contributed by atoms with Gasteiger partial charge in [-0.15, -0.1) is 0 Å². The first-order valence-corrected chi connectivity index (χ1v) is 13.6. The highest BCUT2D eigenvalue weighted by atomic mass is 16.6. The summed E-state index contributed by atoms with van der Waals surface area (Å²) >= 11 is 0. The molecule has 10 heteroatoms. The molecule has 1 saturated heterocycles. The number of rotatable bonds is 12. The third-order valence-corrected chi connectivity index (χ3v) is 7.10. The maximum atomic E-state index is 13.7. The molecule has 0 spiro atoms. The lowest BCUT2D eigenvalue weighted by molar-refractivity contribution is 0.0541. The van der Waals surface area contributed by atoms with Gasteiger partial charge in [0.15, 0.2) is 11.5 Å². The van der Waals surface area contributed by atoms with E-state index in [1.54, 1.807) is 45.7 Å². The highest BCUT2D eigenvalue weighted by molar-refractivity contribution is 5.95. The van der Waals surface area contributed by atoms with Crippen LogP contribution in [0.5, 0.6) is 11.5 Å². The fourth-order valence-corrected chi connectivity index (χ4v) is 4.76. The summed E-state index contributed by atoms with van der Waals surface area (Å²) < 4.78 is 27.7. The molecule has 216 valence electrons. The highest BCUT2D eigenvalue weighted by Gasteiger charge is 2.35. The number of hydrogen-bond acceptors (Lipinski definition) is 8. The molecule has 0 saturated carbocycles. The van der Waals surface area contributed by atoms with E-state index >= 15 is 0 Å². The number of fused-ring (bicyclic) bond motifs is 1. The zero-order valence-electron chi connectivity index (χ0n) is 23.8.